The molecule has 0 bridgehead atoms. The largest absolute Gasteiger partial charge is 0.309 e. The lowest BCUT2D eigenvalue weighted by Gasteiger charge is -2.15. The highest BCUT2D eigenvalue weighted by Crippen LogP contribution is 2.42. The zero-order valence-corrected chi connectivity index (χ0v) is 27.0. The molecule has 8 aromatic carbocycles. The molecule has 0 atom stereocenters. The van der Waals surface area contributed by atoms with Gasteiger partial charge in [-0.1, -0.05) is 115 Å². The van der Waals surface area contributed by atoms with E-state index in [2.05, 4.69) is 150 Å². The summed E-state index contributed by atoms with van der Waals surface area (Å²) < 4.78 is 4.36. The van der Waals surface area contributed by atoms with Crippen LogP contribution in [0, 0.1) is 0 Å². The van der Waals surface area contributed by atoms with Crippen LogP contribution < -0.4 is 5.56 Å². The van der Waals surface area contributed by atoms with Crippen LogP contribution in [-0.2, 0) is 0 Å². The van der Waals surface area contributed by atoms with E-state index < -0.39 is 0 Å². The van der Waals surface area contributed by atoms with E-state index in [1.54, 1.807) is 0 Å². The molecule has 232 valence electrons. The van der Waals surface area contributed by atoms with Crippen molar-refractivity contribution in [3.8, 4) is 27.9 Å². The van der Waals surface area contributed by atoms with Crippen LogP contribution in [0.4, 0.5) is 0 Å². The van der Waals surface area contributed by atoms with Crippen molar-refractivity contribution in [3.05, 3.63) is 180 Å². The number of aromatic nitrogens is 2. The number of pyridine rings is 1. The van der Waals surface area contributed by atoms with Gasteiger partial charge in [0.1, 0.15) is 0 Å². The van der Waals surface area contributed by atoms with Crippen LogP contribution in [-0.4, -0.2) is 8.97 Å². The van der Waals surface area contributed by atoms with Crippen LogP contribution in [0.2, 0.25) is 0 Å². The number of hydrogen-bond donors (Lipinski definition) is 0. The van der Waals surface area contributed by atoms with Gasteiger partial charge in [-0.05, 0) is 87.6 Å². The number of benzene rings is 8. The Hall–Kier alpha value is -6.71. The highest BCUT2D eigenvalue weighted by Gasteiger charge is 2.21. The maximum Gasteiger partial charge on any atom is 0.263 e. The molecule has 0 saturated heterocycles. The Labute approximate surface area is 286 Å². The van der Waals surface area contributed by atoms with Gasteiger partial charge in [-0.25, -0.2) is 0 Å². The summed E-state index contributed by atoms with van der Waals surface area (Å²) in [6.45, 7) is 0. The van der Waals surface area contributed by atoms with Crippen LogP contribution in [0.3, 0.4) is 0 Å². The molecule has 0 saturated carbocycles. The highest BCUT2D eigenvalue weighted by atomic mass is 16.1. The molecule has 0 unspecified atom stereocenters. The third-order valence-electron chi connectivity index (χ3n) is 10.6. The van der Waals surface area contributed by atoms with Gasteiger partial charge in [0.2, 0.25) is 0 Å². The number of hydrogen-bond acceptors (Lipinski definition) is 1. The Morgan fingerprint density at radius 3 is 1.64 bits per heavy atom. The van der Waals surface area contributed by atoms with Gasteiger partial charge in [0.25, 0.3) is 5.56 Å². The molecule has 11 rings (SSSR count). The minimum atomic E-state index is 0.0210. The Morgan fingerprint density at radius 2 is 0.900 bits per heavy atom. The fraction of sp³-hybridized carbons (Fsp3) is 0. The first-order valence-electron chi connectivity index (χ1n) is 17.1. The summed E-state index contributed by atoms with van der Waals surface area (Å²) in [5.74, 6) is 0. The minimum Gasteiger partial charge on any atom is -0.309 e. The number of fused-ring (bicyclic) bond motifs is 9. The van der Waals surface area contributed by atoms with E-state index in [0.717, 1.165) is 65.9 Å². The quantitative estimate of drug-likeness (QED) is 0.177. The molecule has 3 heteroatoms. The maximum atomic E-state index is 14.2. The van der Waals surface area contributed by atoms with E-state index in [1.807, 2.05) is 28.7 Å². The van der Waals surface area contributed by atoms with Gasteiger partial charge in [-0.2, -0.15) is 0 Å². The third-order valence-corrected chi connectivity index (χ3v) is 10.6. The van der Waals surface area contributed by atoms with E-state index in [4.69, 9.17) is 0 Å². The Morgan fingerprint density at radius 1 is 0.340 bits per heavy atom. The van der Waals surface area contributed by atoms with E-state index in [0.29, 0.717) is 0 Å². The standard InChI is InChI=1S/C47H28N2O/c50-47-38-19-7-6-16-35(38)40-26-33(27-41-39-25-30(29-12-2-1-3-13-29)22-23-44(39)49(47)46(40)41)32-24-31-14-4-5-15-34(31)45(28-32)48-42-20-10-8-17-36(42)37-18-9-11-21-43(37)48/h1-28H. The molecule has 0 aliphatic carbocycles. The predicted octanol–water partition coefficient (Wildman–Crippen LogP) is 11.8. The molecule has 0 fully saturated rings. The molecule has 0 aliphatic rings. The second-order valence-corrected chi connectivity index (χ2v) is 13.3. The summed E-state index contributed by atoms with van der Waals surface area (Å²) in [4.78, 5) is 14.2. The fourth-order valence-electron chi connectivity index (χ4n) is 8.39. The van der Waals surface area contributed by atoms with Crippen LogP contribution in [0.1, 0.15) is 0 Å². The van der Waals surface area contributed by atoms with Crippen molar-refractivity contribution in [3.63, 3.8) is 0 Å². The van der Waals surface area contributed by atoms with Crippen LogP contribution in [0.15, 0.2) is 175 Å². The lowest BCUT2D eigenvalue weighted by Crippen LogP contribution is -2.12. The van der Waals surface area contributed by atoms with Gasteiger partial charge in [-0.3, -0.25) is 9.20 Å². The van der Waals surface area contributed by atoms with Crippen LogP contribution >= 0.6 is 0 Å². The van der Waals surface area contributed by atoms with Crippen molar-refractivity contribution in [1.29, 1.82) is 0 Å². The maximum absolute atomic E-state index is 14.2. The van der Waals surface area contributed by atoms with E-state index >= 15 is 0 Å². The molecular formula is C47H28N2O. The highest BCUT2D eigenvalue weighted by molar-refractivity contribution is 6.22. The summed E-state index contributed by atoms with van der Waals surface area (Å²) in [6, 6.07) is 60.3. The first kappa shape index (κ1) is 27.3. The predicted molar refractivity (Wildman–Crippen MR) is 210 cm³/mol. The summed E-state index contributed by atoms with van der Waals surface area (Å²) in [6.07, 6.45) is 0. The number of rotatable bonds is 3. The van der Waals surface area contributed by atoms with E-state index in [-0.39, 0.29) is 5.56 Å². The average Bonchev–Trinajstić information content (AvgIpc) is 3.70. The molecule has 0 amide bonds. The van der Waals surface area contributed by atoms with Gasteiger partial charge in [-0.15, -0.1) is 0 Å². The molecule has 50 heavy (non-hydrogen) atoms. The van der Waals surface area contributed by atoms with E-state index in [1.165, 1.54) is 32.6 Å². The van der Waals surface area contributed by atoms with Crippen molar-refractivity contribution in [2.24, 2.45) is 0 Å². The van der Waals surface area contributed by atoms with Gasteiger partial charge in [0.15, 0.2) is 0 Å². The molecular weight excluding hydrogens is 609 g/mol. The molecule has 0 N–H and O–H groups in total. The molecule has 0 radical (unpaired) electrons. The zero-order chi connectivity index (χ0) is 32.9. The minimum absolute atomic E-state index is 0.0210. The molecule has 0 spiro atoms. The summed E-state index contributed by atoms with van der Waals surface area (Å²) in [7, 11) is 0. The van der Waals surface area contributed by atoms with Crippen molar-refractivity contribution < 1.29 is 0 Å². The van der Waals surface area contributed by atoms with Gasteiger partial charge in [0, 0.05) is 37.7 Å². The van der Waals surface area contributed by atoms with Crippen LogP contribution in [0.25, 0.3) is 98.5 Å². The lowest BCUT2D eigenvalue weighted by molar-refractivity contribution is 1.20. The normalized spacial score (nSPS) is 12.1. The third kappa shape index (κ3) is 3.72. The van der Waals surface area contributed by atoms with Crippen molar-refractivity contribution in [2.45, 2.75) is 0 Å². The Kier molecular flexibility index (Phi) is 5.53. The Bertz CT molecular complexity index is 3170. The molecule has 0 aliphatic heterocycles. The first-order valence-corrected chi connectivity index (χ1v) is 17.1. The van der Waals surface area contributed by atoms with Gasteiger partial charge >= 0.3 is 0 Å². The van der Waals surface area contributed by atoms with E-state index in [9.17, 15) is 4.79 Å². The van der Waals surface area contributed by atoms with Crippen LogP contribution in [0.5, 0.6) is 0 Å². The molecule has 11 aromatic rings. The topological polar surface area (TPSA) is 26.4 Å². The second-order valence-electron chi connectivity index (χ2n) is 13.3. The Balaban J connectivity index is 1.27. The average molecular weight is 637 g/mol. The first-order chi connectivity index (χ1) is 24.7. The second kappa shape index (κ2) is 10.1. The van der Waals surface area contributed by atoms with Crippen molar-refractivity contribution in [2.75, 3.05) is 0 Å². The van der Waals surface area contributed by atoms with Crippen molar-refractivity contribution in [1.82, 2.24) is 8.97 Å². The molecule has 3 nitrogen and oxygen atoms in total. The molecule has 3 heterocycles. The fourth-order valence-corrected chi connectivity index (χ4v) is 8.39. The SMILES string of the molecule is O=c1c2ccccc2c2cc(-c3cc(-n4c5ccccc5c5ccccc54)c4ccccc4c3)cc3c4cc(-c5ccccc5)ccc4n1c23. The summed E-state index contributed by atoms with van der Waals surface area (Å²) in [5.41, 5.74) is 9.98. The monoisotopic (exact) mass is 636 g/mol. The number of para-hydroxylation sites is 2. The molecule has 3 aromatic heterocycles. The van der Waals surface area contributed by atoms with Gasteiger partial charge in [0.05, 0.1) is 27.8 Å². The lowest BCUT2D eigenvalue weighted by atomic mass is 9.95. The zero-order valence-electron chi connectivity index (χ0n) is 27.0. The summed E-state index contributed by atoms with van der Waals surface area (Å²) >= 11 is 0. The summed E-state index contributed by atoms with van der Waals surface area (Å²) in [5, 5.41) is 9.81. The van der Waals surface area contributed by atoms with Gasteiger partial charge < -0.3 is 4.57 Å². The number of nitrogens with zero attached hydrogens (tertiary/aromatic N) is 2. The smallest absolute Gasteiger partial charge is 0.263 e. The van der Waals surface area contributed by atoms with Crippen molar-refractivity contribution >= 4 is 70.5 Å².